The first-order valence-electron chi connectivity index (χ1n) is 6.69. The molecule has 0 radical (unpaired) electrons. The maximum absolute atomic E-state index is 11.1. The molecule has 2 heterocycles. The van der Waals surface area contributed by atoms with Crippen molar-refractivity contribution in [3.05, 3.63) is 50.6 Å². The van der Waals surface area contributed by atoms with Crippen molar-refractivity contribution in [2.24, 2.45) is 7.05 Å². The number of hydrogen-bond donors (Lipinski definition) is 1. The van der Waals surface area contributed by atoms with Gasteiger partial charge in [-0.1, -0.05) is 0 Å². The van der Waals surface area contributed by atoms with Crippen molar-refractivity contribution in [3.63, 3.8) is 0 Å². The average Bonchev–Trinajstić information content (AvgIpc) is 2.73. The zero-order valence-electron chi connectivity index (χ0n) is 12.7. The van der Waals surface area contributed by atoms with Gasteiger partial charge in [-0.2, -0.15) is 5.10 Å². The number of hydrogen-bond acceptors (Lipinski definition) is 5. The Balaban J connectivity index is 2.09. The summed E-state index contributed by atoms with van der Waals surface area (Å²) >= 11 is 0. The Bertz CT molecular complexity index is 678. The third kappa shape index (κ3) is 3.08. The van der Waals surface area contributed by atoms with E-state index in [1.54, 1.807) is 20.0 Å². The van der Waals surface area contributed by atoms with Crippen molar-refractivity contribution >= 4 is 5.69 Å². The van der Waals surface area contributed by atoms with Gasteiger partial charge in [0.1, 0.15) is 0 Å². The lowest BCUT2D eigenvalue weighted by atomic mass is 10.1. The smallest absolute Gasteiger partial charge is 0.278 e. The molecule has 0 bridgehead atoms. The molecule has 0 spiro atoms. The molecule has 21 heavy (non-hydrogen) atoms. The van der Waals surface area contributed by atoms with Gasteiger partial charge in [0, 0.05) is 48.7 Å². The fourth-order valence-electron chi connectivity index (χ4n) is 2.26. The molecule has 0 amide bonds. The first-order valence-corrected chi connectivity index (χ1v) is 6.69. The molecule has 0 fully saturated rings. The van der Waals surface area contributed by atoms with Crippen molar-refractivity contribution in [2.75, 3.05) is 0 Å². The SMILES string of the molecule is Cc1cnc(CNCc2cnn(C)c2C)c(C)c1[N+](=O)[O-]. The van der Waals surface area contributed by atoms with Gasteiger partial charge in [0.15, 0.2) is 0 Å². The van der Waals surface area contributed by atoms with E-state index in [0.717, 1.165) is 11.3 Å². The standard InChI is InChI=1S/C14H19N5O2/c1-9-5-16-13(10(2)14(9)19(20)21)8-15-6-12-7-17-18(4)11(12)3/h5,7,15H,6,8H2,1-4H3. The van der Waals surface area contributed by atoms with Gasteiger partial charge in [-0.3, -0.25) is 19.8 Å². The van der Waals surface area contributed by atoms with Crippen LogP contribution in [-0.2, 0) is 20.1 Å². The van der Waals surface area contributed by atoms with Crippen LogP contribution in [0.25, 0.3) is 0 Å². The maximum Gasteiger partial charge on any atom is 0.278 e. The Morgan fingerprint density at radius 3 is 2.57 bits per heavy atom. The van der Waals surface area contributed by atoms with Crippen LogP contribution >= 0.6 is 0 Å². The van der Waals surface area contributed by atoms with Gasteiger partial charge in [-0.25, -0.2) is 0 Å². The maximum atomic E-state index is 11.1. The van der Waals surface area contributed by atoms with Gasteiger partial charge in [-0.15, -0.1) is 0 Å². The molecule has 0 unspecified atom stereocenters. The minimum atomic E-state index is -0.346. The van der Waals surface area contributed by atoms with Gasteiger partial charge >= 0.3 is 0 Å². The second-order valence-corrected chi connectivity index (χ2v) is 5.10. The highest BCUT2D eigenvalue weighted by Gasteiger charge is 2.18. The third-order valence-electron chi connectivity index (χ3n) is 3.70. The molecule has 0 aliphatic heterocycles. The van der Waals surface area contributed by atoms with Crippen LogP contribution in [0, 0.1) is 30.9 Å². The first-order chi connectivity index (χ1) is 9.91. The van der Waals surface area contributed by atoms with Gasteiger partial charge in [0.05, 0.1) is 16.8 Å². The predicted molar refractivity (Wildman–Crippen MR) is 78.9 cm³/mol. The lowest BCUT2D eigenvalue weighted by Crippen LogP contribution is -2.16. The highest BCUT2D eigenvalue weighted by atomic mass is 16.6. The molecule has 0 aromatic carbocycles. The fraction of sp³-hybridized carbons (Fsp3) is 0.429. The Morgan fingerprint density at radius 1 is 1.29 bits per heavy atom. The van der Waals surface area contributed by atoms with Gasteiger partial charge in [0.2, 0.25) is 0 Å². The summed E-state index contributed by atoms with van der Waals surface area (Å²) in [6.45, 7) is 6.59. The van der Waals surface area contributed by atoms with Crippen LogP contribution in [0.3, 0.4) is 0 Å². The molecule has 0 saturated heterocycles. The van der Waals surface area contributed by atoms with Crippen LogP contribution < -0.4 is 5.32 Å². The molecule has 0 atom stereocenters. The van der Waals surface area contributed by atoms with Crippen LogP contribution in [0.5, 0.6) is 0 Å². The van der Waals surface area contributed by atoms with Crippen LogP contribution in [0.2, 0.25) is 0 Å². The molecule has 2 aromatic heterocycles. The summed E-state index contributed by atoms with van der Waals surface area (Å²) in [5, 5.41) is 18.5. The van der Waals surface area contributed by atoms with E-state index in [1.807, 2.05) is 24.9 Å². The Kier molecular flexibility index (Phi) is 4.32. The molecule has 0 saturated carbocycles. The van der Waals surface area contributed by atoms with E-state index in [2.05, 4.69) is 15.4 Å². The summed E-state index contributed by atoms with van der Waals surface area (Å²) < 4.78 is 1.82. The van der Waals surface area contributed by atoms with Crippen LogP contribution in [0.4, 0.5) is 5.69 Å². The average molecular weight is 289 g/mol. The van der Waals surface area contributed by atoms with E-state index in [0.29, 0.717) is 29.9 Å². The normalized spacial score (nSPS) is 10.9. The van der Waals surface area contributed by atoms with E-state index in [9.17, 15) is 10.1 Å². The second-order valence-electron chi connectivity index (χ2n) is 5.10. The Morgan fingerprint density at radius 2 is 2.00 bits per heavy atom. The third-order valence-corrected chi connectivity index (χ3v) is 3.70. The zero-order chi connectivity index (χ0) is 15.6. The molecule has 1 N–H and O–H groups in total. The topological polar surface area (TPSA) is 85.9 Å². The largest absolute Gasteiger partial charge is 0.307 e. The van der Waals surface area contributed by atoms with Gasteiger partial charge in [-0.05, 0) is 20.8 Å². The van der Waals surface area contributed by atoms with E-state index >= 15 is 0 Å². The lowest BCUT2D eigenvalue weighted by Gasteiger charge is -2.08. The van der Waals surface area contributed by atoms with Crippen molar-refractivity contribution in [3.8, 4) is 0 Å². The Hall–Kier alpha value is -2.28. The van der Waals surface area contributed by atoms with Gasteiger partial charge < -0.3 is 5.32 Å². The summed E-state index contributed by atoms with van der Waals surface area (Å²) in [6, 6.07) is 0. The predicted octanol–water partition coefficient (Wildman–Crippen LogP) is 1.94. The molecule has 0 aliphatic carbocycles. The summed E-state index contributed by atoms with van der Waals surface area (Å²) in [6.07, 6.45) is 3.37. The zero-order valence-corrected chi connectivity index (χ0v) is 12.7. The molecule has 7 heteroatoms. The first kappa shape index (κ1) is 15.1. The highest BCUT2D eigenvalue weighted by Crippen LogP contribution is 2.23. The molecule has 2 aromatic rings. The highest BCUT2D eigenvalue weighted by molar-refractivity contribution is 5.47. The quantitative estimate of drug-likeness (QED) is 0.671. The Labute approximate surface area is 123 Å². The van der Waals surface area contributed by atoms with E-state index in [-0.39, 0.29) is 10.6 Å². The number of aromatic nitrogens is 3. The van der Waals surface area contributed by atoms with Crippen molar-refractivity contribution < 1.29 is 4.92 Å². The molecule has 7 nitrogen and oxygen atoms in total. The van der Waals surface area contributed by atoms with Crippen molar-refractivity contribution in [1.82, 2.24) is 20.1 Å². The van der Waals surface area contributed by atoms with E-state index < -0.39 is 0 Å². The number of nitro groups is 1. The summed E-state index contributed by atoms with van der Waals surface area (Å²) in [5.41, 5.74) is 4.27. The van der Waals surface area contributed by atoms with Crippen LogP contribution in [0.1, 0.15) is 28.1 Å². The van der Waals surface area contributed by atoms with Crippen LogP contribution in [-0.4, -0.2) is 19.7 Å². The summed E-state index contributed by atoms with van der Waals surface area (Å²) in [4.78, 5) is 15.0. The van der Waals surface area contributed by atoms with Crippen molar-refractivity contribution in [1.29, 1.82) is 0 Å². The summed E-state index contributed by atoms with van der Waals surface area (Å²) in [7, 11) is 1.90. The second kappa shape index (κ2) is 6.01. The number of rotatable bonds is 5. The number of pyridine rings is 1. The monoisotopic (exact) mass is 289 g/mol. The fourth-order valence-corrected chi connectivity index (χ4v) is 2.26. The van der Waals surface area contributed by atoms with E-state index in [4.69, 9.17) is 0 Å². The number of nitrogens with zero attached hydrogens (tertiary/aromatic N) is 4. The molecular formula is C14H19N5O2. The number of nitrogens with one attached hydrogen (secondary N) is 1. The summed E-state index contributed by atoms with van der Waals surface area (Å²) in [5.74, 6) is 0. The molecular weight excluding hydrogens is 270 g/mol. The van der Waals surface area contributed by atoms with Gasteiger partial charge in [0.25, 0.3) is 5.69 Å². The molecule has 0 aliphatic rings. The minimum Gasteiger partial charge on any atom is -0.307 e. The number of aryl methyl sites for hydroxylation is 2. The van der Waals surface area contributed by atoms with Crippen LogP contribution in [0.15, 0.2) is 12.4 Å². The van der Waals surface area contributed by atoms with Crippen molar-refractivity contribution in [2.45, 2.75) is 33.9 Å². The minimum absolute atomic E-state index is 0.152. The molecule has 112 valence electrons. The lowest BCUT2D eigenvalue weighted by molar-refractivity contribution is -0.386. The van der Waals surface area contributed by atoms with E-state index in [1.165, 1.54) is 0 Å². The molecule has 2 rings (SSSR count).